The smallest absolute Gasteiger partial charge is 0.199 e. The van der Waals surface area contributed by atoms with Crippen LogP contribution in [0.5, 0.6) is 0 Å². The minimum absolute atomic E-state index is 0.0593. The SMILES string of the molecule is C#C[C@@]1(O)[C@H](O)[C@@H](CO)O[C@H]1n1cnc(=N)c2cc[nH]c21. The molecule has 0 spiro atoms. The first-order valence-corrected chi connectivity index (χ1v) is 6.26. The van der Waals surface area contributed by atoms with Crippen LogP contribution >= 0.6 is 0 Å². The van der Waals surface area contributed by atoms with Crippen LogP contribution in [0.3, 0.4) is 0 Å². The third kappa shape index (κ3) is 1.80. The van der Waals surface area contributed by atoms with Gasteiger partial charge in [-0.2, -0.15) is 0 Å². The number of aliphatic hydroxyl groups excluding tert-OH is 2. The fourth-order valence-corrected chi connectivity index (χ4v) is 2.54. The molecule has 0 saturated carbocycles. The number of terminal acetylenes is 1. The average Bonchev–Trinajstić information content (AvgIpc) is 3.07. The summed E-state index contributed by atoms with van der Waals surface area (Å²) in [7, 11) is 0. The van der Waals surface area contributed by atoms with Crippen LogP contribution in [0.2, 0.25) is 0 Å². The number of hydrogen-bond donors (Lipinski definition) is 5. The van der Waals surface area contributed by atoms with Gasteiger partial charge in [-0.15, -0.1) is 6.42 Å². The fraction of sp³-hybridized carbons (Fsp3) is 0.385. The van der Waals surface area contributed by atoms with E-state index in [9.17, 15) is 15.3 Å². The molecule has 5 N–H and O–H groups in total. The number of aliphatic hydroxyl groups is 3. The topological polar surface area (TPSA) is 127 Å². The first-order chi connectivity index (χ1) is 10.0. The molecule has 1 fully saturated rings. The van der Waals surface area contributed by atoms with Crippen LogP contribution in [0.4, 0.5) is 0 Å². The van der Waals surface area contributed by atoms with Crippen LogP contribution < -0.4 is 5.49 Å². The Bertz CT molecular complexity index is 776. The summed E-state index contributed by atoms with van der Waals surface area (Å²) in [5.41, 5.74) is -1.48. The summed E-state index contributed by atoms with van der Waals surface area (Å²) in [4.78, 5) is 6.82. The second kappa shape index (κ2) is 4.68. The number of fused-ring (bicyclic) bond motifs is 1. The van der Waals surface area contributed by atoms with Gasteiger partial charge in [-0.3, -0.25) is 9.98 Å². The molecule has 21 heavy (non-hydrogen) atoms. The number of nitrogens with one attached hydrogen (secondary N) is 2. The van der Waals surface area contributed by atoms with Crippen molar-refractivity contribution in [3.8, 4) is 12.3 Å². The molecular weight excluding hydrogens is 276 g/mol. The van der Waals surface area contributed by atoms with E-state index in [0.717, 1.165) is 0 Å². The first kappa shape index (κ1) is 13.8. The molecule has 8 nitrogen and oxygen atoms in total. The lowest BCUT2D eigenvalue weighted by molar-refractivity contribution is -0.0725. The summed E-state index contributed by atoms with van der Waals surface area (Å²) < 4.78 is 6.89. The van der Waals surface area contributed by atoms with Crippen LogP contribution in [0.25, 0.3) is 11.0 Å². The van der Waals surface area contributed by atoms with Crippen molar-refractivity contribution < 1.29 is 20.1 Å². The molecule has 2 aromatic heterocycles. The predicted molar refractivity (Wildman–Crippen MR) is 70.7 cm³/mol. The molecule has 0 bridgehead atoms. The Morgan fingerprint density at radius 2 is 2.38 bits per heavy atom. The van der Waals surface area contributed by atoms with Crippen molar-refractivity contribution in [2.45, 2.75) is 24.0 Å². The quantitative estimate of drug-likeness (QED) is 0.428. The lowest BCUT2D eigenvalue weighted by Crippen LogP contribution is -2.46. The summed E-state index contributed by atoms with van der Waals surface area (Å²) in [6.45, 7) is -0.486. The summed E-state index contributed by atoms with van der Waals surface area (Å²) in [6, 6.07) is 1.66. The minimum Gasteiger partial charge on any atom is -0.394 e. The van der Waals surface area contributed by atoms with Crippen molar-refractivity contribution in [2.24, 2.45) is 0 Å². The molecule has 3 heterocycles. The highest BCUT2D eigenvalue weighted by molar-refractivity contribution is 5.74. The van der Waals surface area contributed by atoms with Crippen molar-refractivity contribution in [3.63, 3.8) is 0 Å². The highest BCUT2D eigenvalue weighted by Gasteiger charge is 2.55. The van der Waals surface area contributed by atoms with Gasteiger partial charge in [0.2, 0.25) is 0 Å². The van der Waals surface area contributed by atoms with E-state index in [1.54, 1.807) is 12.3 Å². The Balaban J connectivity index is 2.18. The molecule has 1 aliphatic rings. The first-order valence-electron chi connectivity index (χ1n) is 6.26. The monoisotopic (exact) mass is 290 g/mol. The van der Waals surface area contributed by atoms with E-state index < -0.39 is 30.6 Å². The van der Waals surface area contributed by atoms with Gasteiger partial charge >= 0.3 is 0 Å². The minimum atomic E-state index is -2.01. The van der Waals surface area contributed by atoms with E-state index in [1.807, 2.05) is 0 Å². The summed E-state index contributed by atoms with van der Waals surface area (Å²) >= 11 is 0. The zero-order valence-electron chi connectivity index (χ0n) is 10.9. The van der Waals surface area contributed by atoms with E-state index in [2.05, 4.69) is 15.9 Å². The van der Waals surface area contributed by atoms with Crippen LogP contribution in [0.15, 0.2) is 18.6 Å². The molecule has 2 aromatic rings. The Hall–Kier alpha value is -2.18. The zero-order valence-corrected chi connectivity index (χ0v) is 10.9. The molecule has 1 saturated heterocycles. The van der Waals surface area contributed by atoms with Crippen LogP contribution in [-0.2, 0) is 4.74 Å². The maximum absolute atomic E-state index is 10.5. The normalized spacial score (nSPS) is 32.4. The molecule has 0 unspecified atom stereocenters. The third-order valence-electron chi connectivity index (χ3n) is 3.70. The number of aromatic amines is 1. The lowest BCUT2D eigenvalue weighted by atomic mass is 9.95. The van der Waals surface area contributed by atoms with E-state index in [-0.39, 0.29) is 5.49 Å². The molecular formula is C13H14N4O4. The van der Waals surface area contributed by atoms with Crippen molar-refractivity contribution in [1.29, 1.82) is 5.41 Å². The van der Waals surface area contributed by atoms with E-state index >= 15 is 0 Å². The molecule has 0 amide bonds. The Labute approximate surface area is 119 Å². The van der Waals surface area contributed by atoms with Crippen LogP contribution in [-0.4, -0.2) is 54.3 Å². The number of H-pyrrole nitrogens is 1. The van der Waals surface area contributed by atoms with Gasteiger partial charge in [-0.1, -0.05) is 5.92 Å². The number of hydrogen-bond acceptors (Lipinski definition) is 6. The van der Waals surface area contributed by atoms with Crippen LogP contribution in [0.1, 0.15) is 6.23 Å². The van der Waals surface area contributed by atoms with Crippen molar-refractivity contribution in [1.82, 2.24) is 14.5 Å². The highest BCUT2D eigenvalue weighted by Crippen LogP contribution is 2.38. The molecule has 110 valence electrons. The standard InChI is InChI=1S/C13H14N4O4/c1-2-13(20)9(19)8(5-18)21-12(13)17-6-16-10(14)7-3-4-15-11(7)17/h1,3-4,6,8-9,12,14-15,18-20H,5H2/t8-,9-,12-,13-/m1/s1. The number of aromatic nitrogens is 3. The van der Waals surface area contributed by atoms with E-state index in [4.69, 9.17) is 16.6 Å². The fourth-order valence-electron chi connectivity index (χ4n) is 2.54. The van der Waals surface area contributed by atoms with Gasteiger partial charge in [0.05, 0.1) is 12.0 Å². The summed E-state index contributed by atoms with van der Waals surface area (Å²) in [6.07, 6.45) is 4.67. The predicted octanol–water partition coefficient (Wildman–Crippen LogP) is -1.54. The lowest BCUT2D eigenvalue weighted by Gasteiger charge is -2.27. The molecule has 3 rings (SSSR count). The van der Waals surface area contributed by atoms with Gasteiger partial charge in [-0.05, 0) is 6.07 Å². The van der Waals surface area contributed by atoms with Gasteiger partial charge in [-0.25, -0.2) is 4.98 Å². The molecule has 0 radical (unpaired) electrons. The number of rotatable bonds is 2. The average molecular weight is 290 g/mol. The van der Waals surface area contributed by atoms with E-state index in [1.165, 1.54) is 10.9 Å². The highest BCUT2D eigenvalue weighted by atomic mass is 16.6. The van der Waals surface area contributed by atoms with Crippen molar-refractivity contribution >= 4 is 11.0 Å². The maximum Gasteiger partial charge on any atom is 0.199 e. The Morgan fingerprint density at radius 1 is 1.62 bits per heavy atom. The third-order valence-corrected chi connectivity index (χ3v) is 3.70. The summed E-state index contributed by atoms with van der Waals surface area (Å²) in [5, 5.41) is 38.0. The van der Waals surface area contributed by atoms with Crippen molar-refractivity contribution in [3.05, 3.63) is 24.1 Å². The number of nitrogens with zero attached hydrogens (tertiary/aromatic N) is 2. The van der Waals surface area contributed by atoms with Crippen LogP contribution in [0, 0.1) is 17.8 Å². The largest absolute Gasteiger partial charge is 0.394 e. The zero-order chi connectivity index (χ0) is 15.2. The molecule has 4 atom stereocenters. The van der Waals surface area contributed by atoms with Gasteiger partial charge in [0.25, 0.3) is 0 Å². The number of ether oxygens (including phenoxy) is 1. The molecule has 0 aromatic carbocycles. The molecule has 1 aliphatic heterocycles. The van der Waals surface area contributed by atoms with E-state index in [0.29, 0.717) is 11.0 Å². The van der Waals surface area contributed by atoms with Gasteiger partial charge in [0.1, 0.15) is 24.2 Å². The van der Waals surface area contributed by atoms with Gasteiger partial charge < -0.3 is 25.0 Å². The second-order valence-electron chi connectivity index (χ2n) is 4.86. The van der Waals surface area contributed by atoms with Gasteiger partial charge in [0, 0.05) is 6.20 Å². The summed E-state index contributed by atoms with van der Waals surface area (Å²) in [5.74, 6) is 2.13. The van der Waals surface area contributed by atoms with Gasteiger partial charge in [0.15, 0.2) is 17.3 Å². The Morgan fingerprint density at radius 3 is 3.05 bits per heavy atom. The maximum atomic E-state index is 10.5. The second-order valence-corrected chi connectivity index (χ2v) is 4.86. The van der Waals surface area contributed by atoms with Crippen molar-refractivity contribution in [2.75, 3.05) is 6.61 Å². The molecule has 0 aliphatic carbocycles. The molecule has 8 heteroatoms. The Kier molecular flexibility index (Phi) is 3.07.